The minimum atomic E-state index is -0.422. The van der Waals surface area contributed by atoms with Crippen LogP contribution in [0.2, 0.25) is 0 Å². The van der Waals surface area contributed by atoms with Crippen molar-refractivity contribution in [1.29, 1.82) is 0 Å². The molecule has 1 aromatic rings. The molecule has 1 rings (SSSR count). The van der Waals surface area contributed by atoms with Gasteiger partial charge in [0.15, 0.2) is 0 Å². The first-order chi connectivity index (χ1) is 7.13. The Bertz CT molecular complexity index is 341. The fourth-order valence-corrected chi connectivity index (χ4v) is 1.64. The van der Waals surface area contributed by atoms with E-state index in [2.05, 4.69) is 21.2 Å². The van der Waals surface area contributed by atoms with Crippen LogP contribution >= 0.6 is 15.9 Å². The lowest BCUT2D eigenvalue weighted by Crippen LogP contribution is -2.35. The molecule has 0 radical (unpaired) electrons. The van der Waals surface area contributed by atoms with E-state index in [9.17, 15) is 4.79 Å². The van der Waals surface area contributed by atoms with Gasteiger partial charge in [0, 0.05) is 10.2 Å². The van der Waals surface area contributed by atoms with E-state index in [0.717, 1.165) is 16.6 Å². The van der Waals surface area contributed by atoms with Gasteiger partial charge in [0.1, 0.15) is 0 Å². The molecule has 0 saturated heterocycles. The van der Waals surface area contributed by atoms with Gasteiger partial charge in [0.2, 0.25) is 5.91 Å². The molecule has 1 atom stereocenters. The molecule has 0 fully saturated rings. The van der Waals surface area contributed by atoms with Gasteiger partial charge in [-0.25, -0.2) is 0 Å². The van der Waals surface area contributed by atoms with Crippen molar-refractivity contribution < 1.29 is 4.79 Å². The zero-order valence-corrected chi connectivity index (χ0v) is 10.3. The highest BCUT2D eigenvalue weighted by Crippen LogP contribution is 2.15. The molecule has 0 spiro atoms. The van der Waals surface area contributed by atoms with Crippen molar-refractivity contribution in [2.24, 2.45) is 5.73 Å². The van der Waals surface area contributed by atoms with Gasteiger partial charge < -0.3 is 11.1 Å². The van der Waals surface area contributed by atoms with Crippen LogP contribution in [0.25, 0.3) is 0 Å². The Balaban J connectivity index is 2.58. The van der Waals surface area contributed by atoms with Gasteiger partial charge in [0.05, 0.1) is 6.04 Å². The zero-order valence-electron chi connectivity index (χ0n) is 8.66. The first kappa shape index (κ1) is 12.2. The number of benzene rings is 1. The summed E-state index contributed by atoms with van der Waals surface area (Å²) < 4.78 is 0.935. The van der Waals surface area contributed by atoms with E-state index >= 15 is 0 Å². The van der Waals surface area contributed by atoms with Crippen LogP contribution in [0.15, 0.2) is 28.7 Å². The molecule has 82 valence electrons. The van der Waals surface area contributed by atoms with E-state index in [0.29, 0.717) is 6.42 Å². The summed E-state index contributed by atoms with van der Waals surface area (Å²) in [5.74, 6) is -0.130. The summed E-state index contributed by atoms with van der Waals surface area (Å²) in [5, 5.41) is 2.77. The summed E-state index contributed by atoms with van der Waals surface area (Å²) >= 11 is 3.34. The van der Waals surface area contributed by atoms with Crippen molar-refractivity contribution in [3.8, 4) is 0 Å². The van der Waals surface area contributed by atoms with Crippen LogP contribution in [0.4, 0.5) is 5.69 Å². The van der Waals surface area contributed by atoms with Crippen LogP contribution < -0.4 is 11.1 Å². The highest BCUT2D eigenvalue weighted by molar-refractivity contribution is 9.10. The second-order valence-electron chi connectivity index (χ2n) is 3.39. The average Bonchev–Trinajstić information content (AvgIpc) is 2.18. The number of carbonyl (C=O) groups is 1. The molecule has 15 heavy (non-hydrogen) atoms. The minimum Gasteiger partial charge on any atom is -0.325 e. The van der Waals surface area contributed by atoms with Crippen LogP contribution in [0.1, 0.15) is 19.8 Å². The van der Waals surface area contributed by atoms with Crippen LogP contribution in [0, 0.1) is 0 Å². The van der Waals surface area contributed by atoms with E-state index < -0.39 is 6.04 Å². The number of anilines is 1. The number of hydrogen-bond acceptors (Lipinski definition) is 2. The van der Waals surface area contributed by atoms with Gasteiger partial charge in [-0.05, 0) is 24.6 Å². The van der Waals surface area contributed by atoms with Crippen molar-refractivity contribution >= 4 is 27.5 Å². The molecule has 1 aromatic carbocycles. The van der Waals surface area contributed by atoms with Crippen molar-refractivity contribution in [2.45, 2.75) is 25.8 Å². The highest BCUT2D eigenvalue weighted by atomic mass is 79.9. The van der Waals surface area contributed by atoms with Crippen molar-refractivity contribution in [3.63, 3.8) is 0 Å². The topological polar surface area (TPSA) is 55.1 Å². The third-order valence-corrected chi connectivity index (χ3v) is 2.52. The molecule has 0 aromatic heterocycles. The highest BCUT2D eigenvalue weighted by Gasteiger charge is 2.11. The standard InChI is InChI=1S/C11H15BrN2O/c1-2-4-10(13)11(15)14-9-6-3-5-8(12)7-9/h3,5-7,10H,2,4,13H2,1H3,(H,14,15)/t10-/m1/s1. The lowest BCUT2D eigenvalue weighted by molar-refractivity contribution is -0.117. The second-order valence-corrected chi connectivity index (χ2v) is 4.31. The third-order valence-electron chi connectivity index (χ3n) is 2.03. The lowest BCUT2D eigenvalue weighted by Gasteiger charge is -2.11. The quantitative estimate of drug-likeness (QED) is 0.884. The van der Waals surface area contributed by atoms with Gasteiger partial charge in [-0.1, -0.05) is 35.3 Å². The number of hydrogen-bond donors (Lipinski definition) is 2. The summed E-state index contributed by atoms with van der Waals surface area (Å²) in [6, 6.07) is 7.03. The van der Waals surface area contributed by atoms with Crippen molar-refractivity contribution in [2.75, 3.05) is 5.32 Å². The molecular weight excluding hydrogens is 256 g/mol. The Labute approximate surface area is 98.2 Å². The summed E-state index contributed by atoms with van der Waals surface area (Å²) in [5.41, 5.74) is 6.45. The lowest BCUT2D eigenvalue weighted by atomic mass is 10.1. The maximum absolute atomic E-state index is 11.6. The molecule has 0 unspecified atom stereocenters. The number of carbonyl (C=O) groups excluding carboxylic acids is 1. The van der Waals surface area contributed by atoms with Crippen LogP contribution in [0.3, 0.4) is 0 Å². The number of nitrogens with one attached hydrogen (secondary N) is 1. The van der Waals surface area contributed by atoms with Gasteiger partial charge >= 0.3 is 0 Å². The number of nitrogens with two attached hydrogens (primary N) is 1. The molecule has 0 aliphatic carbocycles. The van der Waals surface area contributed by atoms with E-state index in [1.165, 1.54) is 0 Å². The Hall–Kier alpha value is -0.870. The Kier molecular flexibility index (Phi) is 4.78. The first-order valence-corrected chi connectivity index (χ1v) is 5.74. The molecule has 0 bridgehead atoms. The van der Waals surface area contributed by atoms with E-state index in [1.807, 2.05) is 31.2 Å². The predicted molar refractivity (Wildman–Crippen MR) is 65.7 cm³/mol. The maximum atomic E-state index is 11.6. The summed E-state index contributed by atoms with van der Waals surface area (Å²) in [6.07, 6.45) is 1.62. The summed E-state index contributed by atoms with van der Waals surface area (Å²) in [4.78, 5) is 11.6. The largest absolute Gasteiger partial charge is 0.325 e. The van der Waals surface area contributed by atoms with E-state index in [4.69, 9.17) is 5.73 Å². The Morgan fingerprint density at radius 3 is 2.93 bits per heavy atom. The maximum Gasteiger partial charge on any atom is 0.241 e. The summed E-state index contributed by atoms with van der Waals surface area (Å²) in [6.45, 7) is 2.01. The minimum absolute atomic E-state index is 0.130. The van der Waals surface area contributed by atoms with Crippen molar-refractivity contribution in [1.82, 2.24) is 0 Å². The normalized spacial score (nSPS) is 12.2. The fraction of sp³-hybridized carbons (Fsp3) is 0.364. The van der Waals surface area contributed by atoms with Gasteiger partial charge in [-0.3, -0.25) is 4.79 Å². The molecule has 0 aliphatic rings. The van der Waals surface area contributed by atoms with Crippen LogP contribution in [-0.2, 0) is 4.79 Å². The fourth-order valence-electron chi connectivity index (χ4n) is 1.24. The molecule has 3 nitrogen and oxygen atoms in total. The van der Waals surface area contributed by atoms with Crippen LogP contribution in [-0.4, -0.2) is 11.9 Å². The molecule has 0 saturated carbocycles. The molecule has 3 N–H and O–H groups in total. The second kappa shape index (κ2) is 5.88. The first-order valence-electron chi connectivity index (χ1n) is 4.95. The smallest absolute Gasteiger partial charge is 0.241 e. The van der Waals surface area contributed by atoms with Gasteiger partial charge in [0.25, 0.3) is 0 Å². The molecule has 0 aliphatic heterocycles. The molecule has 4 heteroatoms. The van der Waals surface area contributed by atoms with Gasteiger partial charge in [-0.15, -0.1) is 0 Å². The Morgan fingerprint density at radius 2 is 2.33 bits per heavy atom. The number of amides is 1. The zero-order chi connectivity index (χ0) is 11.3. The van der Waals surface area contributed by atoms with Crippen LogP contribution in [0.5, 0.6) is 0 Å². The SMILES string of the molecule is CCC[C@@H](N)C(=O)Nc1cccc(Br)c1. The molecular formula is C11H15BrN2O. The molecule has 1 amide bonds. The Morgan fingerprint density at radius 1 is 1.60 bits per heavy atom. The van der Waals surface area contributed by atoms with E-state index in [-0.39, 0.29) is 5.91 Å². The van der Waals surface area contributed by atoms with Crippen molar-refractivity contribution in [3.05, 3.63) is 28.7 Å². The number of rotatable bonds is 4. The van der Waals surface area contributed by atoms with Gasteiger partial charge in [-0.2, -0.15) is 0 Å². The monoisotopic (exact) mass is 270 g/mol. The van der Waals surface area contributed by atoms with E-state index in [1.54, 1.807) is 0 Å². The average molecular weight is 271 g/mol. The molecule has 0 heterocycles. The number of halogens is 1. The predicted octanol–water partition coefficient (Wildman–Crippen LogP) is 2.52. The summed E-state index contributed by atoms with van der Waals surface area (Å²) in [7, 11) is 0. The third kappa shape index (κ3) is 4.01.